The molecule has 1 saturated heterocycles. The number of halogens is 5. The van der Waals surface area contributed by atoms with E-state index in [1.807, 2.05) is 0 Å². The second-order valence-corrected chi connectivity index (χ2v) is 6.05. The third-order valence-corrected chi connectivity index (χ3v) is 4.71. The van der Waals surface area contributed by atoms with Crippen LogP contribution in [0.1, 0.15) is 29.4 Å². The van der Waals surface area contributed by atoms with Crippen LogP contribution in [-0.4, -0.2) is 30.1 Å². The molecule has 1 aliphatic carbocycles. The highest BCUT2D eigenvalue weighted by atomic mass is 35.5. The first-order valence-electron chi connectivity index (χ1n) is 6.12. The van der Waals surface area contributed by atoms with Gasteiger partial charge in [0, 0.05) is 24.9 Å². The highest BCUT2D eigenvalue weighted by Gasteiger charge is 2.47. The molecule has 2 atom stereocenters. The number of benzene rings is 1. The van der Waals surface area contributed by atoms with Gasteiger partial charge in [0.2, 0.25) is 0 Å². The Hall–Kier alpha value is -0.940. The third kappa shape index (κ3) is 2.17. The average Bonchev–Trinajstić information content (AvgIpc) is 2.60. The van der Waals surface area contributed by atoms with E-state index in [0.29, 0.717) is 10.0 Å². The molecule has 1 aromatic rings. The first kappa shape index (κ1) is 14.0. The van der Waals surface area contributed by atoms with Gasteiger partial charge in [-0.05, 0) is 29.7 Å². The molecule has 2 unspecified atom stereocenters. The molecule has 0 saturated carbocycles. The minimum Gasteiger partial charge on any atom is -0.334 e. The Morgan fingerprint density at radius 3 is 1.95 bits per heavy atom. The summed E-state index contributed by atoms with van der Waals surface area (Å²) in [5.74, 6) is -1.95. The fraction of sp³-hybridized carbons (Fsp3) is 0.462. The molecular formula is C13H10Cl2F3NO. The molecule has 20 heavy (non-hydrogen) atoms. The zero-order valence-corrected chi connectivity index (χ0v) is 11.7. The Kier molecular flexibility index (Phi) is 3.18. The van der Waals surface area contributed by atoms with E-state index in [1.54, 1.807) is 12.1 Å². The number of hydrogen-bond acceptors (Lipinski definition) is 1. The number of alkyl halides is 3. The monoisotopic (exact) mass is 323 g/mol. The Labute approximate surface area is 123 Å². The number of rotatable bonds is 0. The van der Waals surface area contributed by atoms with Crippen LogP contribution in [0.5, 0.6) is 0 Å². The molecule has 0 radical (unpaired) electrons. The van der Waals surface area contributed by atoms with Gasteiger partial charge in [-0.25, -0.2) is 0 Å². The van der Waals surface area contributed by atoms with Gasteiger partial charge in [0.25, 0.3) is 0 Å². The molecule has 0 spiro atoms. The lowest BCUT2D eigenvalue weighted by Crippen LogP contribution is -2.46. The normalized spacial score (nSPS) is 24.8. The van der Waals surface area contributed by atoms with Gasteiger partial charge in [-0.15, -0.1) is 0 Å². The molecule has 0 aromatic heterocycles. The van der Waals surface area contributed by atoms with Gasteiger partial charge < -0.3 is 4.90 Å². The minimum absolute atomic E-state index is 0.0831. The lowest BCUT2D eigenvalue weighted by molar-refractivity contribution is -0.186. The van der Waals surface area contributed by atoms with Crippen molar-refractivity contribution in [2.24, 2.45) is 0 Å². The summed E-state index contributed by atoms with van der Waals surface area (Å²) in [5.41, 5.74) is 1.84. The number of amides is 1. The number of hydrogen-bond donors (Lipinski definition) is 0. The molecule has 1 fully saturated rings. The van der Waals surface area contributed by atoms with Gasteiger partial charge in [-0.2, -0.15) is 13.2 Å². The van der Waals surface area contributed by atoms with Crippen molar-refractivity contribution >= 4 is 29.1 Å². The smallest absolute Gasteiger partial charge is 0.334 e. The van der Waals surface area contributed by atoms with Crippen molar-refractivity contribution in [2.45, 2.75) is 24.4 Å². The Bertz CT molecular complexity index is 551. The molecule has 2 aliphatic rings. The van der Waals surface area contributed by atoms with E-state index in [9.17, 15) is 18.0 Å². The van der Waals surface area contributed by atoms with Gasteiger partial charge in [0.1, 0.15) is 0 Å². The largest absolute Gasteiger partial charge is 0.471 e. The second-order valence-electron chi connectivity index (χ2n) is 5.23. The van der Waals surface area contributed by atoms with E-state index in [2.05, 4.69) is 0 Å². The molecule has 2 nitrogen and oxygen atoms in total. The van der Waals surface area contributed by atoms with E-state index in [1.165, 1.54) is 0 Å². The SMILES string of the molecule is O=C(N1CC2CC(C1)c1cc(Cl)c(Cl)cc12)C(F)(F)F. The van der Waals surface area contributed by atoms with Crippen LogP contribution in [0.3, 0.4) is 0 Å². The molecule has 2 bridgehead atoms. The van der Waals surface area contributed by atoms with Crippen LogP contribution in [0.4, 0.5) is 13.2 Å². The topological polar surface area (TPSA) is 20.3 Å². The van der Waals surface area contributed by atoms with Crippen LogP contribution < -0.4 is 0 Å². The molecule has 0 N–H and O–H groups in total. The molecule has 1 aromatic carbocycles. The zero-order valence-electron chi connectivity index (χ0n) is 10.2. The molecule has 1 amide bonds. The van der Waals surface area contributed by atoms with E-state index in [-0.39, 0.29) is 24.9 Å². The highest BCUT2D eigenvalue weighted by Crippen LogP contribution is 2.48. The third-order valence-electron chi connectivity index (χ3n) is 3.99. The lowest BCUT2D eigenvalue weighted by Gasteiger charge is -2.32. The van der Waals surface area contributed by atoms with Gasteiger partial charge >= 0.3 is 12.1 Å². The molecule has 1 heterocycles. The fourth-order valence-electron chi connectivity index (χ4n) is 3.18. The van der Waals surface area contributed by atoms with Gasteiger partial charge in [0.05, 0.1) is 10.0 Å². The maximum atomic E-state index is 12.5. The van der Waals surface area contributed by atoms with Crippen molar-refractivity contribution in [3.63, 3.8) is 0 Å². The number of piperidine rings is 1. The van der Waals surface area contributed by atoms with E-state index < -0.39 is 12.1 Å². The molecule has 3 rings (SSSR count). The van der Waals surface area contributed by atoms with Crippen LogP contribution >= 0.6 is 23.2 Å². The summed E-state index contributed by atoms with van der Waals surface area (Å²) < 4.78 is 37.6. The Morgan fingerprint density at radius 2 is 1.55 bits per heavy atom. The summed E-state index contributed by atoms with van der Waals surface area (Å²) in [6, 6.07) is 3.43. The van der Waals surface area contributed by atoms with Crippen molar-refractivity contribution in [1.82, 2.24) is 4.90 Å². The molecule has 108 valence electrons. The fourth-order valence-corrected chi connectivity index (χ4v) is 3.52. The lowest BCUT2D eigenvalue weighted by atomic mass is 9.96. The van der Waals surface area contributed by atoms with Gasteiger partial charge in [0.15, 0.2) is 0 Å². The first-order valence-corrected chi connectivity index (χ1v) is 6.88. The Balaban J connectivity index is 1.92. The maximum absolute atomic E-state index is 12.5. The van der Waals surface area contributed by atoms with E-state index >= 15 is 0 Å². The van der Waals surface area contributed by atoms with Crippen molar-refractivity contribution in [2.75, 3.05) is 13.1 Å². The van der Waals surface area contributed by atoms with E-state index in [4.69, 9.17) is 23.2 Å². The van der Waals surface area contributed by atoms with Crippen molar-refractivity contribution < 1.29 is 18.0 Å². The highest BCUT2D eigenvalue weighted by molar-refractivity contribution is 6.42. The van der Waals surface area contributed by atoms with Gasteiger partial charge in [-0.3, -0.25) is 4.79 Å². The number of carbonyl (C=O) groups excluding carboxylic acids is 1. The average molecular weight is 324 g/mol. The van der Waals surface area contributed by atoms with Crippen molar-refractivity contribution in [3.05, 3.63) is 33.3 Å². The summed E-state index contributed by atoms with van der Waals surface area (Å²) in [6.45, 7) is 0.166. The summed E-state index contributed by atoms with van der Waals surface area (Å²) in [6.07, 6.45) is -4.08. The summed E-state index contributed by atoms with van der Waals surface area (Å²) in [7, 11) is 0. The second kappa shape index (κ2) is 4.53. The van der Waals surface area contributed by atoms with Crippen LogP contribution in [0.2, 0.25) is 10.0 Å². The predicted octanol–water partition coefficient (Wildman–Crippen LogP) is 3.97. The van der Waals surface area contributed by atoms with Crippen LogP contribution in [0.15, 0.2) is 12.1 Å². The number of carbonyl (C=O) groups is 1. The van der Waals surface area contributed by atoms with Crippen LogP contribution in [-0.2, 0) is 4.79 Å². The maximum Gasteiger partial charge on any atom is 0.471 e. The number of fused-ring (bicyclic) bond motifs is 5. The summed E-state index contributed by atoms with van der Waals surface area (Å²) >= 11 is 11.9. The summed E-state index contributed by atoms with van der Waals surface area (Å²) in [5, 5.41) is 0.790. The predicted molar refractivity (Wildman–Crippen MR) is 69.2 cm³/mol. The zero-order chi connectivity index (χ0) is 14.7. The minimum atomic E-state index is -4.82. The number of likely N-dealkylation sites (tertiary alicyclic amines) is 1. The van der Waals surface area contributed by atoms with Crippen LogP contribution in [0.25, 0.3) is 0 Å². The Morgan fingerprint density at radius 1 is 1.10 bits per heavy atom. The molecular weight excluding hydrogens is 314 g/mol. The van der Waals surface area contributed by atoms with E-state index in [0.717, 1.165) is 22.4 Å². The van der Waals surface area contributed by atoms with Gasteiger partial charge in [-0.1, -0.05) is 23.2 Å². The van der Waals surface area contributed by atoms with Crippen LogP contribution in [0, 0.1) is 0 Å². The quantitative estimate of drug-likeness (QED) is 0.707. The van der Waals surface area contributed by atoms with Crippen molar-refractivity contribution in [1.29, 1.82) is 0 Å². The first-order chi connectivity index (χ1) is 9.27. The van der Waals surface area contributed by atoms with Crippen molar-refractivity contribution in [3.8, 4) is 0 Å². The molecule has 1 aliphatic heterocycles. The standard InChI is InChI=1S/C13H10Cl2F3NO/c14-10-2-8-6-1-7(9(8)3-11(10)15)5-19(4-6)12(20)13(16,17)18/h2-3,6-7H,1,4-5H2. The molecule has 7 heteroatoms. The summed E-state index contributed by atoms with van der Waals surface area (Å²) in [4.78, 5) is 12.3. The number of nitrogens with zero attached hydrogens (tertiary/aromatic N) is 1.